The van der Waals surface area contributed by atoms with Gasteiger partial charge in [-0.05, 0) is 37.1 Å². The highest BCUT2D eigenvalue weighted by molar-refractivity contribution is 5.85. The number of nitrogens with zero attached hydrogens (tertiary/aromatic N) is 2. The molecule has 1 N–H and O–H groups in total. The molecule has 0 aliphatic carbocycles. The Bertz CT molecular complexity index is 624. The fraction of sp³-hybridized carbons (Fsp3) is 0.650. The van der Waals surface area contributed by atoms with Crippen molar-refractivity contribution in [2.24, 2.45) is 5.92 Å². The van der Waals surface area contributed by atoms with E-state index in [1.807, 2.05) is 17.0 Å². The molecule has 2 saturated heterocycles. The Balaban J connectivity index is 0.00000210. The van der Waals surface area contributed by atoms with Gasteiger partial charge in [0, 0.05) is 39.3 Å². The molecule has 3 rings (SSSR count). The zero-order valence-corrected chi connectivity index (χ0v) is 19.1. The maximum absolute atomic E-state index is 12.7. The molecule has 2 fully saturated rings. The molecule has 2 heterocycles. The molecule has 1 atom stereocenters. The third-order valence-corrected chi connectivity index (χ3v) is 5.46. The van der Waals surface area contributed by atoms with E-state index >= 15 is 0 Å². The number of hydrogen-bond donors (Lipinski definition) is 1. The summed E-state index contributed by atoms with van der Waals surface area (Å²) in [5, 5.41) is 3.34. The first-order valence-corrected chi connectivity index (χ1v) is 9.67. The highest BCUT2D eigenvalue weighted by Gasteiger charge is 2.28. The van der Waals surface area contributed by atoms with Crippen molar-refractivity contribution in [3.05, 3.63) is 17.7 Å². The van der Waals surface area contributed by atoms with Crippen LogP contribution >= 0.6 is 24.8 Å². The number of piperidine rings is 1. The first-order chi connectivity index (χ1) is 13.2. The lowest BCUT2D eigenvalue weighted by molar-refractivity contribution is -0.137. The summed E-state index contributed by atoms with van der Waals surface area (Å²) in [6, 6.07) is 3.99. The van der Waals surface area contributed by atoms with Crippen molar-refractivity contribution < 1.29 is 19.0 Å². The Morgan fingerprint density at radius 3 is 2.14 bits per heavy atom. The zero-order chi connectivity index (χ0) is 19.2. The molecule has 9 heteroatoms. The molecule has 1 unspecified atom stereocenters. The number of benzene rings is 1. The van der Waals surface area contributed by atoms with Crippen LogP contribution in [0.4, 0.5) is 0 Å². The Morgan fingerprint density at radius 1 is 1.03 bits per heavy atom. The van der Waals surface area contributed by atoms with Crippen LogP contribution in [-0.2, 0) is 11.3 Å². The third kappa shape index (κ3) is 6.28. The maximum atomic E-state index is 12.7. The van der Waals surface area contributed by atoms with Crippen LogP contribution < -0.4 is 19.5 Å². The van der Waals surface area contributed by atoms with Crippen molar-refractivity contribution in [3.8, 4) is 17.2 Å². The molecule has 0 spiro atoms. The molecule has 1 amide bonds. The monoisotopic (exact) mass is 449 g/mol. The van der Waals surface area contributed by atoms with Crippen molar-refractivity contribution in [1.82, 2.24) is 15.1 Å². The minimum absolute atomic E-state index is 0. The predicted octanol–water partition coefficient (Wildman–Crippen LogP) is 2.20. The molecule has 0 bridgehead atoms. The smallest absolute Gasteiger partial charge is 0.227 e. The van der Waals surface area contributed by atoms with Gasteiger partial charge in [-0.2, -0.15) is 0 Å². The van der Waals surface area contributed by atoms with Gasteiger partial charge in [-0.3, -0.25) is 9.69 Å². The van der Waals surface area contributed by atoms with Crippen LogP contribution in [0.1, 0.15) is 18.4 Å². The van der Waals surface area contributed by atoms with Crippen LogP contribution in [0.2, 0.25) is 0 Å². The zero-order valence-electron chi connectivity index (χ0n) is 17.4. The van der Waals surface area contributed by atoms with E-state index < -0.39 is 0 Å². The quantitative estimate of drug-likeness (QED) is 0.717. The number of nitrogens with one attached hydrogen (secondary N) is 1. The van der Waals surface area contributed by atoms with Crippen LogP contribution in [0.25, 0.3) is 0 Å². The van der Waals surface area contributed by atoms with E-state index in [0.717, 1.165) is 64.2 Å². The van der Waals surface area contributed by atoms with Crippen LogP contribution in [0.5, 0.6) is 17.2 Å². The molecule has 29 heavy (non-hydrogen) atoms. The molecular formula is C20H33Cl2N3O4. The third-order valence-electron chi connectivity index (χ3n) is 5.46. The Morgan fingerprint density at radius 2 is 1.66 bits per heavy atom. The summed E-state index contributed by atoms with van der Waals surface area (Å²) in [5.74, 6) is 2.42. The summed E-state index contributed by atoms with van der Waals surface area (Å²) in [5.41, 5.74) is 1.11. The van der Waals surface area contributed by atoms with Gasteiger partial charge in [-0.15, -0.1) is 24.8 Å². The number of halogens is 2. The molecule has 2 aliphatic heterocycles. The highest BCUT2D eigenvalue weighted by Crippen LogP contribution is 2.38. The lowest BCUT2D eigenvalue weighted by atomic mass is 9.98. The van der Waals surface area contributed by atoms with E-state index in [1.54, 1.807) is 21.3 Å². The van der Waals surface area contributed by atoms with E-state index in [-0.39, 0.29) is 30.7 Å². The van der Waals surface area contributed by atoms with Gasteiger partial charge < -0.3 is 24.4 Å². The summed E-state index contributed by atoms with van der Waals surface area (Å²) in [4.78, 5) is 17.1. The van der Waals surface area contributed by atoms with E-state index in [0.29, 0.717) is 23.2 Å². The summed E-state index contributed by atoms with van der Waals surface area (Å²) in [6.45, 7) is 5.99. The molecule has 7 nitrogen and oxygen atoms in total. The second kappa shape index (κ2) is 12.3. The van der Waals surface area contributed by atoms with Crippen molar-refractivity contribution >= 4 is 30.7 Å². The Labute approximate surface area is 185 Å². The van der Waals surface area contributed by atoms with E-state index in [9.17, 15) is 4.79 Å². The van der Waals surface area contributed by atoms with Crippen molar-refractivity contribution in [2.75, 3.05) is 60.6 Å². The van der Waals surface area contributed by atoms with Gasteiger partial charge in [0.05, 0.1) is 27.2 Å². The van der Waals surface area contributed by atoms with Crippen molar-refractivity contribution in [3.63, 3.8) is 0 Å². The molecule has 0 saturated carbocycles. The van der Waals surface area contributed by atoms with E-state index in [2.05, 4.69) is 10.2 Å². The number of carbonyl (C=O) groups excluding carboxylic acids is 1. The summed E-state index contributed by atoms with van der Waals surface area (Å²) >= 11 is 0. The number of piperazine rings is 1. The Hall–Kier alpha value is -1.41. The van der Waals surface area contributed by atoms with Crippen molar-refractivity contribution in [1.29, 1.82) is 0 Å². The number of methoxy groups -OCH3 is 3. The van der Waals surface area contributed by atoms with Gasteiger partial charge in [0.15, 0.2) is 11.5 Å². The minimum atomic E-state index is 0. The molecule has 166 valence electrons. The van der Waals surface area contributed by atoms with Crippen LogP contribution in [0.3, 0.4) is 0 Å². The second-order valence-electron chi connectivity index (χ2n) is 7.18. The van der Waals surface area contributed by atoms with Gasteiger partial charge in [0.2, 0.25) is 11.7 Å². The average molecular weight is 450 g/mol. The van der Waals surface area contributed by atoms with Gasteiger partial charge in [-0.25, -0.2) is 0 Å². The summed E-state index contributed by atoms with van der Waals surface area (Å²) < 4.78 is 16.3. The normalized spacial score (nSPS) is 19.6. The average Bonchev–Trinajstić information content (AvgIpc) is 2.73. The molecule has 0 aromatic heterocycles. The van der Waals surface area contributed by atoms with Gasteiger partial charge in [-0.1, -0.05) is 0 Å². The lowest BCUT2D eigenvalue weighted by Gasteiger charge is -2.37. The standard InChI is InChI=1S/C20H31N3O4.2ClH/c1-25-17-11-15(12-18(26-2)19(17)27-3)14-22-7-9-23(10-8-22)20(24)16-5-4-6-21-13-16;;/h11-12,16,21H,4-10,13-14H2,1-3H3;2*1H. The topological polar surface area (TPSA) is 63.3 Å². The second-order valence-corrected chi connectivity index (χ2v) is 7.18. The lowest BCUT2D eigenvalue weighted by Crippen LogP contribution is -2.51. The molecule has 2 aliphatic rings. The van der Waals surface area contributed by atoms with Gasteiger partial charge >= 0.3 is 0 Å². The maximum Gasteiger partial charge on any atom is 0.227 e. The van der Waals surface area contributed by atoms with E-state index in [1.165, 1.54) is 0 Å². The number of carbonyl (C=O) groups is 1. The number of rotatable bonds is 6. The Kier molecular flexibility index (Phi) is 10.9. The summed E-state index contributed by atoms with van der Waals surface area (Å²) in [6.07, 6.45) is 2.11. The van der Waals surface area contributed by atoms with Gasteiger partial charge in [0.1, 0.15) is 0 Å². The van der Waals surface area contributed by atoms with Gasteiger partial charge in [0.25, 0.3) is 0 Å². The fourth-order valence-corrected chi connectivity index (χ4v) is 3.93. The fourth-order valence-electron chi connectivity index (χ4n) is 3.93. The minimum Gasteiger partial charge on any atom is -0.493 e. The number of amides is 1. The molecule has 0 radical (unpaired) electrons. The highest BCUT2D eigenvalue weighted by atomic mass is 35.5. The largest absolute Gasteiger partial charge is 0.493 e. The van der Waals surface area contributed by atoms with Crippen LogP contribution in [0, 0.1) is 5.92 Å². The van der Waals surface area contributed by atoms with Crippen molar-refractivity contribution in [2.45, 2.75) is 19.4 Å². The summed E-state index contributed by atoms with van der Waals surface area (Å²) in [7, 11) is 4.87. The van der Waals surface area contributed by atoms with Crippen LogP contribution in [-0.4, -0.2) is 76.3 Å². The first kappa shape index (κ1) is 25.6. The van der Waals surface area contributed by atoms with Crippen LogP contribution in [0.15, 0.2) is 12.1 Å². The predicted molar refractivity (Wildman–Crippen MR) is 118 cm³/mol. The van der Waals surface area contributed by atoms with E-state index in [4.69, 9.17) is 14.2 Å². The molecule has 1 aromatic carbocycles. The number of ether oxygens (including phenoxy) is 3. The molecule has 1 aromatic rings. The molecular weight excluding hydrogens is 417 g/mol. The first-order valence-electron chi connectivity index (χ1n) is 9.67. The number of hydrogen-bond acceptors (Lipinski definition) is 6. The SMILES string of the molecule is COc1cc(CN2CCN(C(=O)C3CCCNC3)CC2)cc(OC)c1OC.Cl.Cl.